The van der Waals surface area contributed by atoms with Gasteiger partial charge in [0.25, 0.3) is 0 Å². The molecule has 0 saturated heterocycles. The number of carbonyl (C=O) groups is 1. The summed E-state index contributed by atoms with van der Waals surface area (Å²) in [6.45, 7) is 7.53. The van der Waals surface area contributed by atoms with Crippen LogP contribution in [0.15, 0.2) is 18.3 Å². The molecule has 1 saturated carbocycles. The van der Waals surface area contributed by atoms with Crippen molar-refractivity contribution in [3.63, 3.8) is 0 Å². The monoisotopic (exact) mass is 374 g/mol. The van der Waals surface area contributed by atoms with E-state index in [0.717, 1.165) is 24.0 Å². The van der Waals surface area contributed by atoms with Crippen molar-refractivity contribution in [1.29, 1.82) is 0 Å². The minimum Gasteiger partial charge on any atom is -0.465 e. The lowest BCUT2D eigenvalue weighted by Crippen LogP contribution is -2.11. The van der Waals surface area contributed by atoms with Crippen molar-refractivity contribution in [3.8, 4) is 11.6 Å². The molecule has 0 bridgehead atoms. The normalized spacial score (nSPS) is 13.7. The van der Waals surface area contributed by atoms with Gasteiger partial charge in [-0.3, -0.25) is 0 Å². The fourth-order valence-corrected chi connectivity index (χ4v) is 3.39. The van der Waals surface area contributed by atoms with Crippen LogP contribution < -0.4 is 4.74 Å². The molecule has 0 aromatic carbocycles. The van der Waals surface area contributed by atoms with E-state index in [4.69, 9.17) is 9.47 Å². The zero-order chi connectivity index (χ0) is 20.0. The maximum atomic E-state index is 13.2. The molecule has 0 aliphatic heterocycles. The quantitative estimate of drug-likeness (QED) is 0.523. The van der Waals surface area contributed by atoms with E-state index in [9.17, 15) is 9.18 Å². The van der Waals surface area contributed by atoms with Crippen LogP contribution in [0, 0.1) is 19.8 Å². The first-order chi connectivity index (χ1) is 13.0. The highest BCUT2D eigenvalue weighted by atomic mass is 19.1. The van der Waals surface area contributed by atoms with Crippen molar-refractivity contribution in [3.05, 3.63) is 46.7 Å². The van der Waals surface area contributed by atoms with Crippen LogP contribution in [0.1, 0.15) is 72.6 Å². The zero-order valence-electron chi connectivity index (χ0n) is 16.6. The molecule has 0 unspecified atom stereocenters. The molecule has 6 heteroatoms. The summed E-state index contributed by atoms with van der Waals surface area (Å²) in [6.07, 6.45) is 6.36. The Morgan fingerprint density at radius 2 is 1.85 bits per heavy atom. The Hall–Kier alpha value is -2.50. The van der Waals surface area contributed by atoms with Crippen LogP contribution in [0.4, 0.5) is 4.39 Å². The molecule has 2 aromatic heterocycles. The number of esters is 1. The SMILES string of the molecule is CC.COC(=O)c1c(Oc2ccc(F)nc2C)ncc(C2CCCC2)c1C. The predicted octanol–water partition coefficient (Wildman–Crippen LogP) is 5.50. The number of rotatable bonds is 4. The third-order valence-electron chi connectivity index (χ3n) is 4.74. The van der Waals surface area contributed by atoms with E-state index in [1.807, 2.05) is 20.8 Å². The lowest BCUT2D eigenvalue weighted by Gasteiger charge is -2.18. The van der Waals surface area contributed by atoms with Gasteiger partial charge >= 0.3 is 5.97 Å². The van der Waals surface area contributed by atoms with Gasteiger partial charge in [-0.25, -0.2) is 14.8 Å². The first kappa shape index (κ1) is 20.8. The number of aromatic nitrogens is 2. The van der Waals surface area contributed by atoms with E-state index in [1.54, 1.807) is 13.1 Å². The Kier molecular flexibility index (Phi) is 7.28. The second kappa shape index (κ2) is 9.44. The molecule has 2 heterocycles. The average molecular weight is 374 g/mol. The Morgan fingerprint density at radius 1 is 1.19 bits per heavy atom. The molecule has 5 nitrogen and oxygen atoms in total. The second-order valence-electron chi connectivity index (χ2n) is 6.31. The van der Waals surface area contributed by atoms with Crippen LogP contribution in [0.3, 0.4) is 0 Å². The van der Waals surface area contributed by atoms with Crippen molar-refractivity contribution in [2.45, 2.75) is 59.3 Å². The van der Waals surface area contributed by atoms with Crippen LogP contribution in [0.25, 0.3) is 0 Å². The molecule has 3 rings (SSSR count). The Morgan fingerprint density at radius 3 is 2.44 bits per heavy atom. The maximum absolute atomic E-state index is 13.2. The van der Waals surface area contributed by atoms with E-state index in [0.29, 0.717) is 22.9 Å². The fourth-order valence-electron chi connectivity index (χ4n) is 3.39. The van der Waals surface area contributed by atoms with Crippen LogP contribution in [-0.2, 0) is 4.74 Å². The summed E-state index contributed by atoms with van der Waals surface area (Å²) in [5.74, 6) is -0.153. The van der Waals surface area contributed by atoms with Gasteiger partial charge in [0.15, 0.2) is 5.75 Å². The van der Waals surface area contributed by atoms with Gasteiger partial charge in [0.2, 0.25) is 11.8 Å². The summed E-state index contributed by atoms with van der Waals surface area (Å²) in [4.78, 5) is 20.4. The number of carbonyl (C=O) groups excluding carboxylic acids is 1. The molecule has 0 radical (unpaired) electrons. The van der Waals surface area contributed by atoms with E-state index >= 15 is 0 Å². The van der Waals surface area contributed by atoms with Crippen LogP contribution in [0.5, 0.6) is 11.6 Å². The number of methoxy groups -OCH3 is 1. The molecule has 0 atom stereocenters. The number of pyridine rings is 2. The first-order valence-corrected chi connectivity index (χ1v) is 9.40. The number of hydrogen-bond donors (Lipinski definition) is 0. The smallest absolute Gasteiger partial charge is 0.343 e. The van der Waals surface area contributed by atoms with Crippen molar-refractivity contribution in [2.75, 3.05) is 7.11 Å². The standard InChI is InChI=1S/C19H21FN2O3.C2H6/c1-11-14(13-6-4-5-7-13)10-21-18(17(11)19(23)24-3)25-15-8-9-16(20)22-12(15)2;1-2/h8-10,13H,4-7H2,1-3H3;1-2H3. The first-order valence-electron chi connectivity index (χ1n) is 9.40. The summed E-state index contributed by atoms with van der Waals surface area (Å²) in [5.41, 5.74) is 2.60. The Bertz CT molecular complexity index is 802. The fraction of sp³-hybridized carbons (Fsp3) is 0.476. The average Bonchev–Trinajstić information content (AvgIpc) is 3.20. The third kappa shape index (κ3) is 4.62. The molecule has 1 fully saturated rings. The van der Waals surface area contributed by atoms with Crippen LogP contribution >= 0.6 is 0 Å². The number of halogens is 1. The number of hydrogen-bond acceptors (Lipinski definition) is 5. The Labute approximate surface area is 159 Å². The molecule has 0 N–H and O–H groups in total. The predicted molar refractivity (Wildman–Crippen MR) is 102 cm³/mol. The highest BCUT2D eigenvalue weighted by molar-refractivity contribution is 5.94. The third-order valence-corrected chi connectivity index (χ3v) is 4.74. The van der Waals surface area contributed by atoms with Crippen molar-refractivity contribution in [1.82, 2.24) is 9.97 Å². The van der Waals surface area contributed by atoms with Gasteiger partial charge < -0.3 is 9.47 Å². The summed E-state index contributed by atoms with van der Waals surface area (Å²) in [7, 11) is 1.33. The summed E-state index contributed by atoms with van der Waals surface area (Å²) in [5, 5.41) is 0. The van der Waals surface area contributed by atoms with Gasteiger partial charge in [-0.15, -0.1) is 0 Å². The highest BCUT2D eigenvalue weighted by Gasteiger charge is 2.26. The van der Waals surface area contributed by atoms with Crippen molar-refractivity contribution in [2.24, 2.45) is 0 Å². The molecule has 1 aliphatic carbocycles. The molecular formula is C21H27FN2O3. The van der Waals surface area contributed by atoms with E-state index in [-0.39, 0.29) is 5.88 Å². The second-order valence-corrected chi connectivity index (χ2v) is 6.31. The van der Waals surface area contributed by atoms with Gasteiger partial charge in [0.05, 0.1) is 12.8 Å². The summed E-state index contributed by atoms with van der Waals surface area (Å²) >= 11 is 0. The lowest BCUT2D eigenvalue weighted by molar-refractivity contribution is 0.0596. The summed E-state index contributed by atoms with van der Waals surface area (Å²) in [6, 6.07) is 2.68. The zero-order valence-corrected chi connectivity index (χ0v) is 16.6. The largest absolute Gasteiger partial charge is 0.465 e. The maximum Gasteiger partial charge on any atom is 0.343 e. The molecule has 2 aromatic rings. The number of aryl methyl sites for hydroxylation is 1. The molecular weight excluding hydrogens is 347 g/mol. The van der Waals surface area contributed by atoms with E-state index in [2.05, 4.69) is 9.97 Å². The molecule has 0 spiro atoms. The number of nitrogens with zero attached hydrogens (tertiary/aromatic N) is 2. The van der Waals surface area contributed by atoms with Gasteiger partial charge in [0, 0.05) is 6.20 Å². The topological polar surface area (TPSA) is 61.3 Å². The molecule has 1 aliphatic rings. The lowest BCUT2D eigenvalue weighted by atomic mass is 9.93. The summed E-state index contributed by atoms with van der Waals surface area (Å²) < 4.78 is 23.9. The van der Waals surface area contributed by atoms with Crippen LogP contribution in [0.2, 0.25) is 0 Å². The highest BCUT2D eigenvalue weighted by Crippen LogP contribution is 2.38. The van der Waals surface area contributed by atoms with Crippen molar-refractivity contribution >= 4 is 5.97 Å². The minimum atomic E-state index is -0.584. The van der Waals surface area contributed by atoms with Crippen molar-refractivity contribution < 1.29 is 18.7 Å². The minimum absolute atomic E-state index is 0.155. The van der Waals surface area contributed by atoms with Gasteiger partial charge in [-0.2, -0.15) is 4.39 Å². The van der Waals surface area contributed by atoms with Crippen LogP contribution in [-0.4, -0.2) is 23.0 Å². The van der Waals surface area contributed by atoms with Gasteiger partial charge in [-0.05, 0) is 55.9 Å². The van der Waals surface area contributed by atoms with Gasteiger partial charge in [-0.1, -0.05) is 26.7 Å². The molecule has 27 heavy (non-hydrogen) atoms. The number of ether oxygens (including phenoxy) is 2. The molecule has 146 valence electrons. The van der Waals surface area contributed by atoms with E-state index in [1.165, 1.54) is 32.1 Å². The molecule has 0 amide bonds. The Balaban J connectivity index is 0.00000126. The van der Waals surface area contributed by atoms with Gasteiger partial charge in [0.1, 0.15) is 5.56 Å². The van der Waals surface area contributed by atoms with E-state index < -0.39 is 11.9 Å².